The number of sulfonamides is 1. The van der Waals surface area contributed by atoms with Crippen molar-refractivity contribution >= 4 is 33.4 Å². The van der Waals surface area contributed by atoms with Gasteiger partial charge in [0, 0.05) is 24.1 Å². The second kappa shape index (κ2) is 9.32. The average Bonchev–Trinajstić information content (AvgIpc) is 2.77. The molecule has 0 radical (unpaired) electrons. The molecule has 1 amide bonds. The zero-order chi connectivity index (χ0) is 21.7. The standard InChI is InChI=1S/C22H21FN2O3S2/c1-25(30(27,28)21-12-10-20(29-2)11-13-21)19-8-6-17(7-9-19)22(26)24-15-16-4-3-5-18(23)14-16/h3-14H,15H2,1-2H3,(H,24,26). The molecule has 0 spiro atoms. The molecule has 0 bridgehead atoms. The zero-order valence-corrected chi connectivity index (χ0v) is 18.1. The monoisotopic (exact) mass is 444 g/mol. The third-order valence-electron chi connectivity index (χ3n) is 4.55. The number of nitrogens with one attached hydrogen (secondary N) is 1. The summed E-state index contributed by atoms with van der Waals surface area (Å²) in [6, 6.07) is 18.9. The van der Waals surface area contributed by atoms with Crippen molar-refractivity contribution < 1.29 is 17.6 Å². The molecule has 0 saturated carbocycles. The van der Waals surface area contributed by atoms with E-state index in [1.807, 2.05) is 6.26 Å². The van der Waals surface area contributed by atoms with Crippen LogP contribution in [0.25, 0.3) is 0 Å². The predicted octanol–water partition coefficient (Wildman–Crippen LogP) is 4.30. The van der Waals surface area contributed by atoms with Crippen LogP contribution in [0.3, 0.4) is 0 Å². The van der Waals surface area contributed by atoms with Crippen LogP contribution < -0.4 is 9.62 Å². The minimum Gasteiger partial charge on any atom is -0.348 e. The molecular formula is C22H21FN2O3S2. The average molecular weight is 445 g/mol. The number of rotatable bonds is 7. The first-order valence-electron chi connectivity index (χ1n) is 9.07. The topological polar surface area (TPSA) is 66.5 Å². The van der Waals surface area contributed by atoms with Gasteiger partial charge in [0.2, 0.25) is 0 Å². The van der Waals surface area contributed by atoms with Crippen LogP contribution in [0.2, 0.25) is 0 Å². The van der Waals surface area contributed by atoms with Gasteiger partial charge in [-0.3, -0.25) is 9.10 Å². The number of anilines is 1. The van der Waals surface area contributed by atoms with Crippen molar-refractivity contribution in [3.05, 3.63) is 89.7 Å². The lowest BCUT2D eigenvalue weighted by Gasteiger charge is -2.20. The second-order valence-corrected chi connectivity index (χ2v) is 9.36. The van der Waals surface area contributed by atoms with Crippen LogP contribution in [-0.4, -0.2) is 27.6 Å². The predicted molar refractivity (Wildman–Crippen MR) is 118 cm³/mol. The maximum absolute atomic E-state index is 13.2. The van der Waals surface area contributed by atoms with Gasteiger partial charge in [-0.1, -0.05) is 12.1 Å². The fourth-order valence-electron chi connectivity index (χ4n) is 2.80. The van der Waals surface area contributed by atoms with E-state index in [9.17, 15) is 17.6 Å². The summed E-state index contributed by atoms with van der Waals surface area (Å²) < 4.78 is 40.1. The molecule has 3 aromatic rings. The van der Waals surface area contributed by atoms with Gasteiger partial charge in [-0.15, -0.1) is 11.8 Å². The Morgan fingerprint density at radius 1 is 1.03 bits per heavy atom. The molecule has 0 atom stereocenters. The van der Waals surface area contributed by atoms with Crippen LogP contribution in [-0.2, 0) is 16.6 Å². The van der Waals surface area contributed by atoms with Gasteiger partial charge in [-0.2, -0.15) is 0 Å². The first-order chi connectivity index (χ1) is 14.3. The fraction of sp³-hybridized carbons (Fsp3) is 0.136. The molecular weight excluding hydrogens is 423 g/mol. The Hall–Kier alpha value is -2.84. The van der Waals surface area contributed by atoms with E-state index in [-0.39, 0.29) is 23.2 Å². The quantitative estimate of drug-likeness (QED) is 0.552. The minimum atomic E-state index is -3.71. The second-order valence-electron chi connectivity index (χ2n) is 6.51. The first kappa shape index (κ1) is 21.9. The summed E-state index contributed by atoms with van der Waals surface area (Å²) in [6.07, 6.45) is 1.92. The number of carbonyl (C=O) groups excluding carboxylic acids is 1. The van der Waals surface area contributed by atoms with Crippen LogP contribution in [0.5, 0.6) is 0 Å². The number of thioether (sulfide) groups is 1. The van der Waals surface area contributed by atoms with E-state index in [0.29, 0.717) is 16.8 Å². The van der Waals surface area contributed by atoms with Gasteiger partial charge in [0.25, 0.3) is 15.9 Å². The lowest BCUT2D eigenvalue weighted by atomic mass is 10.1. The SMILES string of the molecule is CSc1ccc(S(=O)(=O)N(C)c2ccc(C(=O)NCc3cccc(F)c3)cc2)cc1. The fourth-order valence-corrected chi connectivity index (χ4v) is 4.40. The molecule has 3 rings (SSSR count). The van der Waals surface area contributed by atoms with Crippen LogP contribution in [0.1, 0.15) is 15.9 Å². The Morgan fingerprint density at radius 3 is 2.30 bits per heavy atom. The number of halogens is 1. The summed E-state index contributed by atoms with van der Waals surface area (Å²) in [5.74, 6) is -0.692. The van der Waals surface area contributed by atoms with E-state index >= 15 is 0 Å². The summed E-state index contributed by atoms with van der Waals surface area (Å²) >= 11 is 1.54. The third kappa shape index (κ3) is 5.01. The van der Waals surface area contributed by atoms with Gasteiger partial charge >= 0.3 is 0 Å². The molecule has 3 aromatic carbocycles. The number of amides is 1. The van der Waals surface area contributed by atoms with E-state index < -0.39 is 10.0 Å². The van der Waals surface area contributed by atoms with Gasteiger partial charge < -0.3 is 5.32 Å². The van der Waals surface area contributed by atoms with Crippen molar-refractivity contribution in [3.63, 3.8) is 0 Å². The smallest absolute Gasteiger partial charge is 0.264 e. The Kier molecular flexibility index (Phi) is 6.79. The molecule has 30 heavy (non-hydrogen) atoms. The Balaban J connectivity index is 1.69. The molecule has 0 aliphatic carbocycles. The van der Waals surface area contributed by atoms with Gasteiger partial charge in [0.05, 0.1) is 10.6 Å². The molecule has 0 fully saturated rings. The lowest BCUT2D eigenvalue weighted by molar-refractivity contribution is 0.0951. The largest absolute Gasteiger partial charge is 0.348 e. The molecule has 0 aromatic heterocycles. The summed E-state index contributed by atoms with van der Waals surface area (Å²) in [4.78, 5) is 13.5. The summed E-state index contributed by atoms with van der Waals surface area (Å²) in [5, 5.41) is 2.72. The maximum Gasteiger partial charge on any atom is 0.264 e. The third-order valence-corrected chi connectivity index (χ3v) is 7.10. The number of carbonyl (C=O) groups is 1. The van der Waals surface area contributed by atoms with Crippen molar-refractivity contribution in [1.29, 1.82) is 0 Å². The minimum absolute atomic E-state index is 0.193. The van der Waals surface area contributed by atoms with Crippen molar-refractivity contribution in [3.8, 4) is 0 Å². The molecule has 0 aliphatic heterocycles. The first-order valence-corrected chi connectivity index (χ1v) is 11.7. The number of hydrogen-bond acceptors (Lipinski definition) is 4. The maximum atomic E-state index is 13.2. The molecule has 1 N–H and O–H groups in total. The number of benzene rings is 3. The highest BCUT2D eigenvalue weighted by molar-refractivity contribution is 7.98. The van der Waals surface area contributed by atoms with Gasteiger partial charge in [-0.25, -0.2) is 12.8 Å². The Bertz CT molecular complexity index is 1130. The van der Waals surface area contributed by atoms with E-state index in [4.69, 9.17) is 0 Å². The van der Waals surface area contributed by atoms with Crippen molar-refractivity contribution in [2.24, 2.45) is 0 Å². The van der Waals surface area contributed by atoms with Gasteiger partial charge in [0.15, 0.2) is 0 Å². The van der Waals surface area contributed by atoms with Crippen LogP contribution in [0, 0.1) is 5.82 Å². The molecule has 0 aliphatic rings. The lowest BCUT2D eigenvalue weighted by Crippen LogP contribution is -2.27. The van der Waals surface area contributed by atoms with Crippen molar-refractivity contribution in [2.75, 3.05) is 17.6 Å². The molecule has 0 heterocycles. The highest BCUT2D eigenvalue weighted by atomic mass is 32.2. The molecule has 0 saturated heterocycles. The zero-order valence-electron chi connectivity index (χ0n) is 16.5. The van der Waals surface area contributed by atoms with Crippen LogP contribution >= 0.6 is 11.8 Å². The van der Waals surface area contributed by atoms with Crippen molar-refractivity contribution in [2.45, 2.75) is 16.3 Å². The molecule has 156 valence electrons. The Morgan fingerprint density at radius 2 is 1.70 bits per heavy atom. The van der Waals surface area contributed by atoms with E-state index in [0.717, 1.165) is 4.90 Å². The molecule has 5 nitrogen and oxygen atoms in total. The summed E-state index contributed by atoms with van der Waals surface area (Å²) in [5.41, 5.74) is 1.47. The van der Waals surface area contributed by atoms with E-state index in [2.05, 4.69) is 5.32 Å². The Labute approximate surface area is 180 Å². The number of nitrogens with zero attached hydrogens (tertiary/aromatic N) is 1. The van der Waals surface area contributed by atoms with Crippen LogP contribution in [0.15, 0.2) is 82.6 Å². The van der Waals surface area contributed by atoms with Gasteiger partial charge in [0.1, 0.15) is 5.82 Å². The van der Waals surface area contributed by atoms with Crippen LogP contribution in [0.4, 0.5) is 10.1 Å². The summed E-state index contributed by atoms with van der Waals surface area (Å²) in [6.45, 7) is 0.193. The molecule has 8 heteroatoms. The van der Waals surface area contributed by atoms with Crippen molar-refractivity contribution in [1.82, 2.24) is 5.32 Å². The normalized spacial score (nSPS) is 11.2. The highest BCUT2D eigenvalue weighted by Gasteiger charge is 2.21. The molecule has 0 unspecified atom stereocenters. The van der Waals surface area contributed by atoms with E-state index in [1.165, 1.54) is 35.2 Å². The highest BCUT2D eigenvalue weighted by Crippen LogP contribution is 2.24. The van der Waals surface area contributed by atoms with E-state index in [1.54, 1.807) is 60.7 Å². The van der Waals surface area contributed by atoms with Gasteiger partial charge in [-0.05, 0) is 72.5 Å². The summed E-state index contributed by atoms with van der Waals surface area (Å²) in [7, 11) is -2.24. The number of hydrogen-bond donors (Lipinski definition) is 1.